The van der Waals surface area contributed by atoms with E-state index in [0.29, 0.717) is 18.0 Å². The van der Waals surface area contributed by atoms with Crippen molar-refractivity contribution in [2.24, 2.45) is 0 Å². The third-order valence-electron chi connectivity index (χ3n) is 3.83. The van der Waals surface area contributed by atoms with Crippen LogP contribution in [-0.2, 0) is 0 Å². The zero-order valence-corrected chi connectivity index (χ0v) is 13.0. The third kappa shape index (κ3) is 2.63. The van der Waals surface area contributed by atoms with Crippen molar-refractivity contribution in [2.45, 2.75) is 19.3 Å². The van der Waals surface area contributed by atoms with E-state index in [1.165, 1.54) is 5.56 Å². The lowest BCUT2D eigenvalue weighted by molar-refractivity contribution is 0.0984. The van der Waals surface area contributed by atoms with Gasteiger partial charge < -0.3 is 4.90 Å². The molecule has 0 N–H and O–H groups in total. The molecule has 5 heteroatoms. The minimum atomic E-state index is -0.136. The summed E-state index contributed by atoms with van der Waals surface area (Å²) in [5.41, 5.74) is 2.52. The average molecular weight is 321 g/mol. The largest absolute Gasteiger partial charge is 0.308 e. The van der Waals surface area contributed by atoms with Crippen molar-refractivity contribution in [3.8, 4) is 0 Å². The molecule has 0 fully saturated rings. The van der Waals surface area contributed by atoms with E-state index in [4.69, 9.17) is 23.2 Å². The van der Waals surface area contributed by atoms with E-state index in [1.54, 1.807) is 17.0 Å². The predicted octanol–water partition coefficient (Wildman–Crippen LogP) is 4.54. The summed E-state index contributed by atoms with van der Waals surface area (Å²) in [5.74, 6) is 0.313. The second-order valence-electron chi connectivity index (χ2n) is 5.18. The number of fused-ring (bicyclic) bond motifs is 1. The maximum atomic E-state index is 12.8. The number of pyridine rings is 1. The van der Waals surface area contributed by atoms with Gasteiger partial charge in [-0.25, -0.2) is 4.98 Å². The van der Waals surface area contributed by atoms with Crippen LogP contribution in [0.25, 0.3) is 0 Å². The number of hydrogen-bond donors (Lipinski definition) is 0. The van der Waals surface area contributed by atoms with Gasteiger partial charge in [-0.05, 0) is 36.1 Å². The van der Waals surface area contributed by atoms with E-state index in [0.717, 1.165) is 12.1 Å². The lowest BCUT2D eigenvalue weighted by atomic mass is 9.91. The van der Waals surface area contributed by atoms with Crippen molar-refractivity contribution in [3.63, 3.8) is 0 Å². The van der Waals surface area contributed by atoms with Gasteiger partial charge >= 0.3 is 0 Å². The van der Waals surface area contributed by atoms with E-state index in [9.17, 15) is 4.79 Å². The van der Waals surface area contributed by atoms with E-state index >= 15 is 0 Å². The van der Waals surface area contributed by atoms with Gasteiger partial charge in [0.25, 0.3) is 5.91 Å². The summed E-state index contributed by atoms with van der Waals surface area (Å²) in [4.78, 5) is 18.5. The highest BCUT2D eigenvalue weighted by Gasteiger charge is 2.28. The molecule has 3 nitrogen and oxygen atoms in total. The molecular formula is C16H14Cl2N2O. The van der Waals surface area contributed by atoms with Crippen LogP contribution in [0.5, 0.6) is 0 Å². The highest BCUT2D eigenvalue weighted by molar-refractivity contribution is 6.35. The van der Waals surface area contributed by atoms with Crippen molar-refractivity contribution in [2.75, 3.05) is 11.4 Å². The minimum Gasteiger partial charge on any atom is -0.308 e. The zero-order chi connectivity index (χ0) is 15.0. The number of carbonyl (C=O) groups is 1. The van der Waals surface area contributed by atoms with Crippen LogP contribution < -0.4 is 4.90 Å². The first-order valence-electron chi connectivity index (χ1n) is 6.81. The van der Waals surface area contributed by atoms with Crippen molar-refractivity contribution in [1.29, 1.82) is 0 Å². The van der Waals surface area contributed by atoms with Crippen LogP contribution in [0.15, 0.2) is 36.4 Å². The van der Waals surface area contributed by atoms with Crippen molar-refractivity contribution >= 4 is 34.8 Å². The molecule has 0 bridgehead atoms. The molecule has 1 amide bonds. The summed E-state index contributed by atoms with van der Waals surface area (Å²) in [6.07, 6.45) is 0.932. The number of benzene rings is 1. The predicted molar refractivity (Wildman–Crippen MR) is 85.4 cm³/mol. The summed E-state index contributed by atoms with van der Waals surface area (Å²) in [6.45, 7) is 2.85. The fourth-order valence-corrected chi connectivity index (χ4v) is 3.10. The Morgan fingerprint density at radius 3 is 2.76 bits per heavy atom. The number of rotatable bonds is 1. The Balaban J connectivity index is 2.01. The molecule has 0 aliphatic carbocycles. The van der Waals surface area contributed by atoms with Crippen LogP contribution in [0.2, 0.25) is 10.3 Å². The Morgan fingerprint density at radius 2 is 2.00 bits per heavy atom. The highest BCUT2D eigenvalue weighted by Crippen LogP contribution is 2.36. The Kier molecular flexibility index (Phi) is 3.87. The van der Waals surface area contributed by atoms with Crippen molar-refractivity contribution < 1.29 is 4.79 Å². The molecule has 0 radical (unpaired) electrons. The Bertz CT molecular complexity index is 702. The second kappa shape index (κ2) is 5.66. The van der Waals surface area contributed by atoms with Gasteiger partial charge in [0.2, 0.25) is 0 Å². The van der Waals surface area contributed by atoms with Gasteiger partial charge in [0.05, 0.1) is 5.56 Å². The number of carbonyl (C=O) groups excluding carboxylic acids is 1. The fraction of sp³-hybridized carbons (Fsp3) is 0.250. The molecular weight excluding hydrogens is 307 g/mol. The minimum absolute atomic E-state index is 0.136. The first-order chi connectivity index (χ1) is 10.1. The lowest BCUT2D eigenvalue weighted by Gasteiger charge is -2.33. The van der Waals surface area contributed by atoms with E-state index in [1.807, 2.05) is 18.2 Å². The monoisotopic (exact) mass is 320 g/mol. The smallest absolute Gasteiger partial charge is 0.261 e. The van der Waals surface area contributed by atoms with E-state index in [2.05, 4.69) is 18.0 Å². The van der Waals surface area contributed by atoms with Gasteiger partial charge in [-0.2, -0.15) is 0 Å². The Labute approximate surface area is 133 Å². The Morgan fingerprint density at radius 1 is 1.24 bits per heavy atom. The second-order valence-corrected chi connectivity index (χ2v) is 5.92. The molecule has 0 saturated carbocycles. The number of amides is 1. The zero-order valence-electron chi connectivity index (χ0n) is 11.5. The van der Waals surface area contributed by atoms with Crippen molar-refractivity contribution in [1.82, 2.24) is 4.98 Å². The standard InChI is InChI=1S/C16H14Cl2N2O/c1-10-8-9-20(13-5-3-2-4-11(10)13)16(21)12-6-7-14(17)19-15(12)18/h2-7,10H,8-9H2,1H3. The molecule has 21 heavy (non-hydrogen) atoms. The first-order valence-corrected chi connectivity index (χ1v) is 7.56. The van der Waals surface area contributed by atoms with Gasteiger partial charge in [-0.3, -0.25) is 4.79 Å². The number of nitrogens with zero attached hydrogens (tertiary/aromatic N) is 2. The van der Waals surface area contributed by atoms with Crippen LogP contribution in [0.4, 0.5) is 5.69 Å². The molecule has 1 aromatic carbocycles. The molecule has 108 valence electrons. The number of para-hydroxylation sites is 1. The molecule has 2 aromatic rings. The average Bonchev–Trinajstić information content (AvgIpc) is 2.47. The molecule has 1 unspecified atom stereocenters. The highest BCUT2D eigenvalue weighted by atomic mass is 35.5. The van der Waals surface area contributed by atoms with Gasteiger partial charge in [0.1, 0.15) is 10.3 Å². The number of aromatic nitrogens is 1. The van der Waals surface area contributed by atoms with Gasteiger partial charge in [-0.1, -0.05) is 48.3 Å². The van der Waals surface area contributed by atoms with Crippen LogP contribution in [-0.4, -0.2) is 17.4 Å². The SMILES string of the molecule is CC1CCN(C(=O)c2ccc(Cl)nc2Cl)c2ccccc21. The molecule has 1 aliphatic rings. The van der Waals surface area contributed by atoms with E-state index < -0.39 is 0 Å². The molecule has 2 heterocycles. The molecule has 3 rings (SSSR count). The topological polar surface area (TPSA) is 33.2 Å². The maximum absolute atomic E-state index is 12.8. The molecule has 0 saturated heterocycles. The van der Waals surface area contributed by atoms with Gasteiger partial charge in [0.15, 0.2) is 0 Å². The van der Waals surface area contributed by atoms with Crippen LogP contribution in [0.3, 0.4) is 0 Å². The number of anilines is 1. The molecule has 1 aliphatic heterocycles. The quantitative estimate of drug-likeness (QED) is 0.722. The maximum Gasteiger partial charge on any atom is 0.261 e. The summed E-state index contributed by atoms with van der Waals surface area (Å²) in [7, 11) is 0. The molecule has 1 aromatic heterocycles. The molecule has 0 spiro atoms. The summed E-state index contributed by atoms with van der Waals surface area (Å²) in [5, 5.41) is 0.424. The summed E-state index contributed by atoms with van der Waals surface area (Å²) in [6, 6.07) is 11.2. The van der Waals surface area contributed by atoms with Crippen LogP contribution in [0.1, 0.15) is 35.2 Å². The van der Waals surface area contributed by atoms with Crippen LogP contribution >= 0.6 is 23.2 Å². The number of halogens is 2. The summed E-state index contributed by atoms with van der Waals surface area (Å²) < 4.78 is 0. The first kappa shape index (κ1) is 14.4. The fourth-order valence-electron chi connectivity index (χ4n) is 2.68. The molecule has 1 atom stereocenters. The Hall–Kier alpha value is -1.58. The van der Waals surface area contributed by atoms with Crippen molar-refractivity contribution in [3.05, 3.63) is 57.8 Å². The number of hydrogen-bond acceptors (Lipinski definition) is 2. The summed E-state index contributed by atoms with van der Waals surface area (Å²) >= 11 is 11.8. The van der Waals surface area contributed by atoms with Gasteiger partial charge in [-0.15, -0.1) is 0 Å². The normalized spacial score (nSPS) is 17.5. The van der Waals surface area contributed by atoms with Crippen LogP contribution in [0, 0.1) is 0 Å². The van der Waals surface area contributed by atoms with Gasteiger partial charge in [0, 0.05) is 12.2 Å². The lowest BCUT2D eigenvalue weighted by Crippen LogP contribution is -2.36. The van der Waals surface area contributed by atoms with E-state index in [-0.39, 0.29) is 16.2 Å². The third-order valence-corrected chi connectivity index (χ3v) is 4.33.